The molecule has 1 saturated carbocycles. The monoisotopic (exact) mass is 412 g/mol. The largest absolute Gasteiger partial charge is 0.333 e. The third-order valence-electron chi connectivity index (χ3n) is 4.93. The number of benzene rings is 1. The number of rotatable bonds is 4. The molecule has 27 heavy (non-hydrogen) atoms. The lowest BCUT2D eigenvalue weighted by Crippen LogP contribution is -2.48. The van der Waals surface area contributed by atoms with E-state index in [0.717, 1.165) is 18.0 Å². The lowest BCUT2D eigenvalue weighted by Gasteiger charge is -2.33. The highest BCUT2D eigenvalue weighted by Gasteiger charge is 2.35. The number of anilines is 1. The minimum absolute atomic E-state index is 0. The second-order valence-corrected chi connectivity index (χ2v) is 7.76. The fraction of sp³-hybridized carbons (Fsp3) is 0.556. The first kappa shape index (κ1) is 21.5. The van der Waals surface area contributed by atoms with Gasteiger partial charge in [0.2, 0.25) is 5.91 Å². The molecule has 0 radical (unpaired) electrons. The van der Waals surface area contributed by atoms with E-state index in [4.69, 9.17) is 4.99 Å². The second kappa shape index (κ2) is 9.41. The topological polar surface area (TPSA) is 79.0 Å². The number of nitro groups is 1. The number of amidine groups is 1. The number of aliphatic imine (C=N–C) groups is 1. The maximum atomic E-state index is 12.3. The summed E-state index contributed by atoms with van der Waals surface area (Å²) in [5, 5.41) is 12.0. The summed E-state index contributed by atoms with van der Waals surface area (Å²) in [6.07, 6.45) is 5.81. The van der Waals surface area contributed by atoms with Crippen LogP contribution in [0.1, 0.15) is 39.0 Å². The molecule has 1 atom stereocenters. The SMILES string of the molecule is CC(=O)N(c1cccc([N+](=O)[O-])c1)C1CSC(=NC2CCCCC2)N1C.Cl. The van der Waals surface area contributed by atoms with Crippen LogP contribution < -0.4 is 4.90 Å². The van der Waals surface area contributed by atoms with E-state index in [2.05, 4.69) is 0 Å². The Bertz CT molecular complexity index is 724. The predicted octanol–water partition coefficient (Wildman–Crippen LogP) is 4.06. The van der Waals surface area contributed by atoms with Gasteiger partial charge in [-0.25, -0.2) is 0 Å². The molecule has 0 N–H and O–H groups in total. The Labute approximate surface area is 169 Å². The van der Waals surface area contributed by atoms with Crippen LogP contribution in [0.3, 0.4) is 0 Å². The van der Waals surface area contributed by atoms with Gasteiger partial charge in [-0.1, -0.05) is 37.1 Å². The van der Waals surface area contributed by atoms with E-state index in [-0.39, 0.29) is 30.2 Å². The highest BCUT2D eigenvalue weighted by molar-refractivity contribution is 8.14. The molecular formula is C18H25ClN4O3S. The van der Waals surface area contributed by atoms with Gasteiger partial charge in [0.15, 0.2) is 5.17 Å². The van der Waals surface area contributed by atoms with E-state index in [0.29, 0.717) is 17.5 Å². The molecule has 1 aromatic carbocycles. The van der Waals surface area contributed by atoms with Crippen molar-refractivity contribution in [1.29, 1.82) is 0 Å². The Kier molecular flexibility index (Phi) is 7.49. The van der Waals surface area contributed by atoms with E-state index >= 15 is 0 Å². The Morgan fingerprint density at radius 1 is 1.33 bits per heavy atom. The minimum Gasteiger partial charge on any atom is -0.333 e. The van der Waals surface area contributed by atoms with Crippen LogP contribution >= 0.6 is 24.2 Å². The molecule has 0 spiro atoms. The van der Waals surface area contributed by atoms with E-state index in [9.17, 15) is 14.9 Å². The average Bonchev–Trinajstić information content (AvgIpc) is 2.97. The maximum Gasteiger partial charge on any atom is 0.271 e. The molecule has 2 fully saturated rings. The van der Waals surface area contributed by atoms with E-state index < -0.39 is 4.92 Å². The number of hydrogen-bond donors (Lipinski definition) is 0. The van der Waals surface area contributed by atoms with E-state index in [1.54, 1.807) is 28.8 Å². The number of carbonyl (C=O) groups excluding carboxylic acids is 1. The van der Waals surface area contributed by atoms with Crippen molar-refractivity contribution in [3.8, 4) is 0 Å². The summed E-state index contributed by atoms with van der Waals surface area (Å²) in [5.41, 5.74) is 0.529. The number of halogens is 1. The van der Waals surface area contributed by atoms with E-state index in [1.807, 2.05) is 11.9 Å². The highest BCUT2D eigenvalue weighted by atomic mass is 35.5. The summed E-state index contributed by atoms with van der Waals surface area (Å²) in [5.74, 6) is 0.562. The molecule has 3 rings (SSSR count). The fourth-order valence-corrected chi connectivity index (χ4v) is 4.77. The van der Waals surface area contributed by atoms with Gasteiger partial charge in [-0.2, -0.15) is 0 Å². The molecule has 148 valence electrons. The van der Waals surface area contributed by atoms with Crippen LogP contribution in [0.15, 0.2) is 29.3 Å². The van der Waals surface area contributed by atoms with Crippen molar-refractivity contribution in [3.05, 3.63) is 34.4 Å². The lowest BCUT2D eigenvalue weighted by atomic mass is 9.96. The van der Waals surface area contributed by atoms with Gasteiger partial charge in [0.1, 0.15) is 6.17 Å². The quantitative estimate of drug-likeness (QED) is 0.550. The molecule has 2 aliphatic rings. The summed E-state index contributed by atoms with van der Waals surface area (Å²) in [6.45, 7) is 1.49. The molecule has 1 unspecified atom stereocenters. The van der Waals surface area contributed by atoms with E-state index in [1.165, 1.54) is 38.3 Å². The molecule has 1 aromatic rings. The number of carbonyl (C=O) groups is 1. The predicted molar refractivity (Wildman–Crippen MR) is 112 cm³/mol. The van der Waals surface area contributed by atoms with Crippen LogP contribution in [-0.2, 0) is 4.79 Å². The number of thioether (sulfide) groups is 1. The maximum absolute atomic E-state index is 12.3. The molecule has 1 heterocycles. The number of non-ortho nitro benzene ring substituents is 1. The second-order valence-electron chi connectivity index (χ2n) is 6.77. The van der Waals surface area contributed by atoms with Crippen molar-refractivity contribution in [3.63, 3.8) is 0 Å². The van der Waals surface area contributed by atoms with Crippen LogP contribution in [-0.4, -0.2) is 45.9 Å². The number of hydrogen-bond acceptors (Lipinski definition) is 5. The number of nitrogens with zero attached hydrogens (tertiary/aromatic N) is 4. The number of nitro benzene ring substituents is 1. The summed E-state index contributed by atoms with van der Waals surface area (Å²) < 4.78 is 0. The first-order valence-corrected chi connectivity index (χ1v) is 9.93. The van der Waals surface area contributed by atoms with Gasteiger partial charge in [0.25, 0.3) is 5.69 Å². The molecule has 1 aliphatic carbocycles. The zero-order valence-corrected chi connectivity index (χ0v) is 17.2. The van der Waals surface area contributed by atoms with Gasteiger partial charge < -0.3 is 4.90 Å². The van der Waals surface area contributed by atoms with Gasteiger partial charge in [-0.3, -0.25) is 24.8 Å². The first-order valence-electron chi connectivity index (χ1n) is 8.95. The van der Waals surface area contributed by atoms with Crippen LogP contribution in [0, 0.1) is 10.1 Å². The van der Waals surface area contributed by atoms with Gasteiger partial charge in [0.05, 0.1) is 16.7 Å². The van der Waals surface area contributed by atoms with Crippen LogP contribution in [0.4, 0.5) is 11.4 Å². The molecule has 7 nitrogen and oxygen atoms in total. The minimum atomic E-state index is -0.440. The summed E-state index contributed by atoms with van der Waals surface area (Å²) in [4.78, 5) is 31.5. The van der Waals surface area contributed by atoms with Gasteiger partial charge >= 0.3 is 0 Å². The number of amides is 1. The van der Waals surface area contributed by atoms with Crippen molar-refractivity contribution in [2.45, 2.75) is 51.2 Å². The molecule has 1 amide bonds. The molecule has 0 aromatic heterocycles. The van der Waals surface area contributed by atoms with Crippen molar-refractivity contribution >= 4 is 46.6 Å². The van der Waals surface area contributed by atoms with Crippen LogP contribution in [0.25, 0.3) is 0 Å². The fourth-order valence-electron chi connectivity index (χ4n) is 3.55. The summed E-state index contributed by atoms with van der Waals surface area (Å²) >= 11 is 1.65. The lowest BCUT2D eigenvalue weighted by molar-refractivity contribution is -0.384. The normalized spacial score (nSPS) is 21.8. The summed E-state index contributed by atoms with van der Waals surface area (Å²) in [6, 6.07) is 6.61. The molecule has 1 aliphatic heterocycles. The molecule has 1 saturated heterocycles. The highest BCUT2D eigenvalue weighted by Crippen LogP contribution is 2.32. The van der Waals surface area contributed by atoms with Crippen LogP contribution in [0.5, 0.6) is 0 Å². The Hall–Kier alpha value is -1.80. The zero-order chi connectivity index (χ0) is 18.7. The third kappa shape index (κ3) is 4.93. The van der Waals surface area contributed by atoms with Crippen molar-refractivity contribution < 1.29 is 9.72 Å². The van der Waals surface area contributed by atoms with Crippen molar-refractivity contribution in [2.24, 2.45) is 4.99 Å². The van der Waals surface area contributed by atoms with Gasteiger partial charge in [-0.05, 0) is 18.9 Å². The van der Waals surface area contributed by atoms with Gasteiger partial charge in [0, 0.05) is 31.9 Å². The smallest absolute Gasteiger partial charge is 0.271 e. The Morgan fingerprint density at radius 3 is 2.67 bits per heavy atom. The molecule has 0 bridgehead atoms. The first-order chi connectivity index (χ1) is 12.5. The Balaban J connectivity index is 0.00000261. The average molecular weight is 413 g/mol. The van der Waals surface area contributed by atoms with Crippen LogP contribution in [0.2, 0.25) is 0 Å². The zero-order valence-electron chi connectivity index (χ0n) is 15.5. The third-order valence-corrected chi connectivity index (χ3v) is 6.05. The van der Waals surface area contributed by atoms with Crippen molar-refractivity contribution in [2.75, 3.05) is 17.7 Å². The van der Waals surface area contributed by atoms with Crippen molar-refractivity contribution in [1.82, 2.24) is 4.90 Å². The molecule has 9 heteroatoms. The molecular weight excluding hydrogens is 388 g/mol. The Morgan fingerprint density at radius 2 is 2.04 bits per heavy atom. The standard InChI is InChI=1S/C18H24N4O3S.ClH/c1-13(23)21(15-9-6-10-16(11-15)22(24)25)17-12-26-18(20(17)2)19-14-7-4-3-5-8-14;/h6,9-11,14,17H,3-5,7-8,12H2,1-2H3;1H. The summed E-state index contributed by atoms with van der Waals surface area (Å²) in [7, 11) is 1.94. The van der Waals surface area contributed by atoms with Gasteiger partial charge in [-0.15, -0.1) is 12.4 Å².